The Labute approximate surface area is 85.5 Å². The third kappa shape index (κ3) is 2.92. The highest BCUT2D eigenvalue weighted by atomic mass is 16.5. The van der Waals surface area contributed by atoms with Crippen molar-refractivity contribution < 1.29 is 4.74 Å². The summed E-state index contributed by atoms with van der Waals surface area (Å²) in [6, 6.07) is 7.93. The van der Waals surface area contributed by atoms with Crippen LogP contribution in [0.25, 0.3) is 0 Å². The lowest BCUT2D eigenvalue weighted by atomic mass is 10.3. The molecule has 14 heavy (non-hydrogen) atoms. The molecule has 0 saturated carbocycles. The van der Waals surface area contributed by atoms with Crippen LogP contribution in [0, 0.1) is 0 Å². The quantitative estimate of drug-likeness (QED) is 0.743. The van der Waals surface area contributed by atoms with Crippen LogP contribution in [0.2, 0.25) is 0 Å². The van der Waals surface area contributed by atoms with Gasteiger partial charge in [0.05, 0.1) is 12.8 Å². The van der Waals surface area contributed by atoms with Crippen LogP contribution in [-0.2, 0) is 0 Å². The summed E-state index contributed by atoms with van der Waals surface area (Å²) in [5.41, 5.74) is 6.62. The van der Waals surface area contributed by atoms with Crippen molar-refractivity contribution in [3.8, 4) is 5.75 Å². The van der Waals surface area contributed by atoms with Crippen molar-refractivity contribution in [2.45, 2.75) is 20.0 Å². The molecule has 3 heteroatoms. The predicted molar refractivity (Wildman–Crippen MR) is 59.7 cm³/mol. The lowest BCUT2D eigenvalue weighted by molar-refractivity contribution is 0.242. The van der Waals surface area contributed by atoms with Crippen molar-refractivity contribution >= 4 is 5.69 Å². The number of hydrogen-bond donors (Lipinski definition) is 1. The molecule has 3 nitrogen and oxygen atoms in total. The summed E-state index contributed by atoms with van der Waals surface area (Å²) in [7, 11) is 1.96. The Morgan fingerprint density at radius 3 is 2.29 bits per heavy atom. The zero-order valence-corrected chi connectivity index (χ0v) is 9.03. The van der Waals surface area contributed by atoms with Crippen LogP contribution < -0.4 is 15.4 Å². The Morgan fingerprint density at radius 2 is 1.86 bits per heavy atom. The molecule has 2 N–H and O–H groups in total. The minimum Gasteiger partial charge on any atom is -0.491 e. The first-order valence-corrected chi connectivity index (χ1v) is 4.81. The zero-order valence-electron chi connectivity index (χ0n) is 9.03. The Balaban J connectivity index is 2.68. The molecule has 1 aromatic rings. The van der Waals surface area contributed by atoms with E-state index < -0.39 is 0 Å². The molecule has 0 aliphatic heterocycles. The molecule has 1 aromatic carbocycles. The number of ether oxygens (including phenoxy) is 1. The number of nitrogens with two attached hydrogens (primary N) is 1. The summed E-state index contributed by atoms with van der Waals surface area (Å²) in [5.74, 6) is 0.897. The molecule has 78 valence electrons. The highest BCUT2D eigenvalue weighted by Crippen LogP contribution is 2.18. The second-order valence-electron chi connectivity index (χ2n) is 3.54. The molecule has 0 heterocycles. The maximum absolute atomic E-state index is 5.53. The number of benzene rings is 1. The van der Waals surface area contributed by atoms with E-state index in [-0.39, 0.29) is 6.10 Å². The molecule has 0 amide bonds. The van der Waals surface area contributed by atoms with Crippen molar-refractivity contribution in [1.29, 1.82) is 0 Å². The van der Waals surface area contributed by atoms with Crippen LogP contribution in [0.15, 0.2) is 24.3 Å². The topological polar surface area (TPSA) is 38.5 Å². The molecule has 1 rings (SSSR count). The molecule has 0 aromatic heterocycles. The molecule has 0 fully saturated rings. The molecule has 0 atom stereocenters. The fraction of sp³-hybridized carbons (Fsp3) is 0.455. The van der Waals surface area contributed by atoms with Crippen LogP contribution >= 0.6 is 0 Å². The van der Waals surface area contributed by atoms with Crippen LogP contribution in [-0.4, -0.2) is 19.8 Å². The smallest absolute Gasteiger partial charge is 0.119 e. The first-order valence-electron chi connectivity index (χ1n) is 4.81. The summed E-state index contributed by atoms with van der Waals surface area (Å²) in [6.45, 7) is 4.55. The summed E-state index contributed by atoms with van der Waals surface area (Å²) in [6.07, 6.45) is 0.216. The Bertz CT molecular complexity index is 269. The first-order chi connectivity index (χ1) is 6.63. The van der Waals surface area contributed by atoms with E-state index in [1.165, 1.54) is 0 Å². The standard InChI is InChI=1S/C11H18N2O/c1-9(2)14-11-6-4-10(5-7-11)13(3)8-12/h4-7,9H,8,12H2,1-3H3. The van der Waals surface area contributed by atoms with Gasteiger partial charge in [-0.25, -0.2) is 0 Å². The summed E-state index contributed by atoms with van der Waals surface area (Å²) in [5, 5.41) is 0. The number of anilines is 1. The van der Waals surface area contributed by atoms with Crippen LogP contribution in [0.5, 0.6) is 5.75 Å². The van der Waals surface area contributed by atoms with Crippen molar-refractivity contribution in [3.05, 3.63) is 24.3 Å². The zero-order chi connectivity index (χ0) is 10.6. The van der Waals surface area contributed by atoms with Crippen molar-refractivity contribution in [3.63, 3.8) is 0 Å². The minimum atomic E-state index is 0.216. The van der Waals surface area contributed by atoms with Crippen molar-refractivity contribution in [2.75, 3.05) is 18.6 Å². The highest BCUT2D eigenvalue weighted by Gasteiger charge is 2.00. The van der Waals surface area contributed by atoms with Crippen molar-refractivity contribution in [2.24, 2.45) is 5.73 Å². The minimum absolute atomic E-state index is 0.216. The van der Waals surface area contributed by atoms with Crippen molar-refractivity contribution in [1.82, 2.24) is 0 Å². The van der Waals surface area contributed by atoms with E-state index in [1.807, 2.05) is 50.1 Å². The largest absolute Gasteiger partial charge is 0.491 e. The Hall–Kier alpha value is -1.22. The second-order valence-corrected chi connectivity index (χ2v) is 3.54. The Morgan fingerprint density at radius 1 is 1.29 bits per heavy atom. The van der Waals surface area contributed by atoms with Gasteiger partial charge in [-0.1, -0.05) is 0 Å². The van der Waals surface area contributed by atoms with Gasteiger partial charge in [-0.15, -0.1) is 0 Å². The molecule has 0 bridgehead atoms. The van der Waals surface area contributed by atoms with Crippen LogP contribution in [0.1, 0.15) is 13.8 Å². The van der Waals surface area contributed by atoms with E-state index in [9.17, 15) is 0 Å². The van der Waals surface area contributed by atoms with E-state index in [0.29, 0.717) is 6.67 Å². The fourth-order valence-electron chi connectivity index (χ4n) is 1.16. The lowest BCUT2D eigenvalue weighted by Crippen LogP contribution is -2.24. The summed E-state index contributed by atoms with van der Waals surface area (Å²) in [4.78, 5) is 1.97. The maximum Gasteiger partial charge on any atom is 0.119 e. The third-order valence-electron chi connectivity index (χ3n) is 1.92. The SMILES string of the molecule is CC(C)Oc1ccc(N(C)CN)cc1. The molecule has 0 spiro atoms. The molecule has 0 saturated heterocycles. The number of nitrogens with zero attached hydrogens (tertiary/aromatic N) is 1. The Kier molecular flexibility index (Phi) is 3.77. The number of hydrogen-bond acceptors (Lipinski definition) is 3. The van der Waals surface area contributed by atoms with E-state index in [0.717, 1.165) is 11.4 Å². The van der Waals surface area contributed by atoms with Crippen LogP contribution in [0.4, 0.5) is 5.69 Å². The van der Waals surface area contributed by atoms with Gasteiger partial charge >= 0.3 is 0 Å². The number of rotatable bonds is 4. The normalized spacial score (nSPS) is 10.4. The average molecular weight is 194 g/mol. The average Bonchev–Trinajstić information content (AvgIpc) is 2.17. The maximum atomic E-state index is 5.53. The van der Waals surface area contributed by atoms with Gasteiger partial charge in [-0.2, -0.15) is 0 Å². The molecule has 0 unspecified atom stereocenters. The van der Waals surface area contributed by atoms with Gasteiger partial charge in [0.25, 0.3) is 0 Å². The third-order valence-corrected chi connectivity index (χ3v) is 1.92. The van der Waals surface area contributed by atoms with Gasteiger partial charge in [0.15, 0.2) is 0 Å². The highest BCUT2D eigenvalue weighted by molar-refractivity contribution is 5.48. The van der Waals surface area contributed by atoms with Gasteiger partial charge in [0.1, 0.15) is 5.75 Å². The van der Waals surface area contributed by atoms with Gasteiger partial charge < -0.3 is 15.4 Å². The second kappa shape index (κ2) is 4.86. The van der Waals surface area contributed by atoms with Gasteiger partial charge in [0.2, 0.25) is 0 Å². The van der Waals surface area contributed by atoms with E-state index in [2.05, 4.69) is 0 Å². The monoisotopic (exact) mass is 194 g/mol. The molecule has 0 aliphatic carbocycles. The molecular formula is C11H18N2O. The van der Waals surface area contributed by atoms with Crippen LogP contribution in [0.3, 0.4) is 0 Å². The van der Waals surface area contributed by atoms with Gasteiger partial charge in [-0.3, -0.25) is 0 Å². The lowest BCUT2D eigenvalue weighted by Gasteiger charge is -2.17. The van der Waals surface area contributed by atoms with Gasteiger partial charge in [0, 0.05) is 12.7 Å². The first kappa shape index (κ1) is 10.9. The fourth-order valence-corrected chi connectivity index (χ4v) is 1.16. The predicted octanol–water partition coefficient (Wildman–Crippen LogP) is 1.83. The molecule has 0 radical (unpaired) electrons. The molecular weight excluding hydrogens is 176 g/mol. The van der Waals surface area contributed by atoms with Gasteiger partial charge in [-0.05, 0) is 38.1 Å². The van der Waals surface area contributed by atoms with E-state index >= 15 is 0 Å². The van der Waals surface area contributed by atoms with E-state index in [4.69, 9.17) is 10.5 Å². The molecule has 0 aliphatic rings. The summed E-state index contributed by atoms with van der Waals surface area (Å²) < 4.78 is 5.53. The summed E-state index contributed by atoms with van der Waals surface area (Å²) >= 11 is 0. The van der Waals surface area contributed by atoms with E-state index in [1.54, 1.807) is 0 Å².